The fraction of sp³-hybridized carbons (Fsp3) is 0.562. The van der Waals surface area contributed by atoms with E-state index in [1.165, 1.54) is 5.56 Å². The zero-order valence-corrected chi connectivity index (χ0v) is 12.5. The van der Waals surface area contributed by atoms with Crippen LogP contribution in [0.5, 0.6) is 0 Å². The lowest BCUT2D eigenvalue weighted by atomic mass is 9.87. The van der Waals surface area contributed by atoms with Gasteiger partial charge in [0.15, 0.2) is 0 Å². The Kier molecular flexibility index (Phi) is 4.65. The fourth-order valence-electron chi connectivity index (χ4n) is 2.23. The molecule has 4 heteroatoms. The number of carbonyl (C=O) groups is 1. The van der Waals surface area contributed by atoms with Crippen LogP contribution < -0.4 is 10.6 Å². The molecule has 1 aromatic rings. The van der Waals surface area contributed by atoms with Gasteiger partial charge in [-0.15, -0.1) is 0 Å². The van der Waals surface area contributed by atoms with E-state index in [9.17, 15) is 4.79 Å². The van der Waals surface area contributed by atoms with Crippen LogP contribution in [0.3, 0.4) is 0 Å². The van der Waals surface area contributed by atoms with Crippen molar-refractivity contribution in [2.45, 2.75) is 57.8 Å². The smallest absolute Gasteiger partial charge is 0.407 e. The van der Waals surface area contributed by atoms with E-state index in [0.717, 1.165) is 19.4 Å². The molecule has 1 aromatic carbocycles. The molecule has 2 N–H and O–H groups in total. The van der Waals surface area contributed by atoms with E-state index < -0.39 is 5.60 Å². The summed E-state index contributed by atoms with van der Waals surface area (Å²) < 4.78 is 5.24. The number of ether oxygens (including phenoxy) is 1. The van der Waals surface area contributed by atoms with E-state index in [0.29, 0.717) is 6.04 Å². The minimum Gasteiger partial charge on any atom is -0.444 e. The molecule has 1 saturated carbocycles. The van der Waals surface area contributed by atoms with Gasteiger partial charge in [-0.1, -0.05) is 30.3 Å². The standard InChI is InChI=1S/C16H24N2O2/c1-16(2,3)20-15(19)18-14-9-13(10-14)17-11-12-7-5-4-6-8-12/h4-8,13-14,17H,9-11H2,1-3H3,(H,18,19). The van der Waals surface area contributed by atoms with E-state index in [2.05, 4.69) is 22.8 Å². The summed E-state index contributed by atoms with van der Waals surface area (Å²) in [5.74, 6) is 0. The van der Waals surface area contributed by atoms with E-state index in [-0.39, 0.29) is 12.1 Å². The molecule has 0 heterocycles. The number of alkyl carbamates (subject to hydrolysis) is 1. The molecule has 2 rings (SSSR count). The average Bonchev–Trinajstić information content (AvgIpc) is 2.31. The molecule has 4 nitrogen and oxygen atoms in total. The third-order valence-electron chi connectivity index (χ3n) is 3.30. The Balaban J connectivity index is 1.62. The van der Waals surface area contributed by atoms with Crippen molar-refractivity contribution in [3.8, 4) is 0 Å². The summed E-state index contributed by atoms with van der Waals surface area (Å²) in [4.78, 5) is 11.6. The molecular weight excluding hydrogens is 252 g/mol. The fourth-order valence-corrected chi connectivity index (χ4v) is 2.23. The minimum absolute atomic E-state index is 0.234. The van der Waals surface area contributed by atoms with Gasteiger partial charge in [0, 0.05) is 18.6 Å². The highest BCUT2D eigenvalue weighted by molar-refractivity contribution is 5.68. The maximum absolute atomic E-state index is 11.6. The lowest BCUT2D eigenvalue weighted by Crippen LogP contribution is -2.52. The molecule has 0 aliphatic heterocycles. The number of nitrogens with one attached hydrogen (secondary N) is 2. The second-order valence-electron chi connectivity index (χ2n) is 6.38. The normalized spacial score (nSPS) is 21.9. The summed E-state index contributed by atoms with van der Waals surface area (Å²) in [7, 11) is 0. The van der Waals surface area contributed by atoms with Gasteiger partial charge in [0.1, 0.15) is 5.60 Å². The lowest BCUT2D eigenvalue weighted by Gasteiger charge is -2.36. The van der Waals surface area contributed by atoms with Gasteiger partial charge in [-0.05, 0) is 39.2 Å². The predicted molar refractivity (Wildman–Crippen MR) is 79.5 cm³/mol. The zero-order chi connectivity index (χ0) is 14.6. The minimum atomic E-state index is -0.432. The zero-order valence-electron chi connectivity index (χ0n) is 12.5. The van der Waals surface area contributed by atoms with Crippen LogP contribution in [-0.4, -0.2) is 23.8 Å². The highest BCUT2D eigenvalue weighted by Crippen LogP contribution is 2.21. The molecule has 0 bridgehead atoms. The number of benzene rings is 1. The Morgan fingerprint density at radius 1 is 1.20 bits per heavy atom. The molecule has 1 aliphatic rings. The molecule has 110 valence electrons. The lowest BCUT2D eigenvalue weighted by molar-refractivity contribution is 0.0465. The molecule has 0 unspecified atom stereocenters. The summed E-state index contributed by atoms with van der Waals surface area (Å²) in [5.41, 5.74) is 0.856. The Labute approximate surface area is 120 Å². The van der Waals surface area contributed by atoms with Crippen molar-refractivity contribution < 1.29 is 9.53 Å². The van der Waals surface area contributed by atoms with Crippen LogP contribution in [0, 0.1) is 0 Å². The summed E-state index contributed by atoms with van der Waals surface area (Å²) >= 11 is 0. The second kappa shape index (κ2) is 6.27. The third kappa shape index (κ3) is 4.85. The summed E-state index contributed by atoms with van der Waals surface area (Å²) in [6, 6.07) is 11.1. The summed E-state index contributed by atoms with van der Waals surface area (Å²) in [5, 5.41) is 6.39. The first kappa shape index (κ1) is 14.9. The van der Waals surface area contributed by atoms with E-state index in [1.54, 1.807) is 0 Å². The van der Waals surface area contributed by atoms with Gasteiger partial charge in [0.2, 0.25) is 0 Å². The molecule has 0 saturated heterocycles. The van der Waals surface area contributed by atoms with Crippen LogP contribution in [-0.2, 0) is 11.3 Å². The molecule has 0 atom stereocenters. The summed E-state index contributed by atoms with van der Waals surface area (Å²) in [6.07, 6.45) is 1.61. The summed E-state index contributed by atoms with van der Waals surface area (Å²) in [6.45, 7) is 6.50. The van der Waals surface area contributed by atoms with E-state index in [4.69, 9.17) is 4.74 Å². The van der Waals surface area contributed by atoms with Gasteiger partial charge in [0.05, 0.1) is 0 Å². The second-order valence-corrected chi connectivity index (χ2v) is 6.38. The van der Waals surface area contributed by atoms with Gasteiger partial charge in [-0.2, -0.15) is 0 Å². The van der Waals surface area contributed by atoms with Gasteiger partial charge in [0.25, 0.3) is 0 Å². The first-order valence-corrected chi connectivity index (χ1v) is 7.19. The topological polar surface area (TPSA) is 50.4 Å². The van der Waals surface area contributed by atoms with Crippen LogP contribution in [0.25, 0.3) is 0 Å². The van der Waals surface area contributed by atoms with Crippen LogP contribution in [0.4, 0.5) is 4.79 Å². The van der Waals surface area contributed by atoms with E-state index in [1.807, 2.05) is 39.0 Å². The Morgan fingerprint density at radius 2 is 1.85 bits per heavy atom. The highest BCUT2D eigenvalue weighted by Gasteiger charge is 2.31. The molecule has 1 aliphatic carbocycles. The van der Waals surface area contributed by atoms with Crippen molar-refractivity contribution in [3.63, 3.8) is 0 Å². The molecule has 0 aromatic heterocycles. The van der Waals surface area contributed by atoms with Gasteiger partial charge < -0.3 is 15.4 Å². The third-order valence-corrected chi connectivity index (χ3v) is 3.30. The Morgan fingerprint density at radius 3 is 2.45 bits per heavy atom. The van der Waals surface area contributed by atoms with Crippen LogP contribution in [0.2, 0.25) is 0 Å². The molecule has 1 amide bonds. The number of hydrogen-bond donors (Lipinski definition) is 2. The first-order chi connectivity index (χ1) is 9.42. The van der Waals surface area contributed by atoms with E-state index >= 15 is 0 Å². The Hall–Kier alpha value is -1.55. The van der Waals surface area contributed by atoms with Gasteiger partial charge in [-0.25, -0.2) is 4.79 Å². The van der Waals surface area contributed by atoms with Crippen LogP contribution in [0.15, 0.2) is 30.3 Å². The SMILES string of the molecule is CC(C)(C)OC(=O)NC1CC(NCc2ccccc2)C1. The number of hydrogen-bond acceptors (Lipinski definition) is 3. The van der Waals surface area contributed by atoms with Crippen molar-refractivity contribution in [1.29, 1.82) is 0 Å². The van der Waals surface area contributed by atoms with Gasteiger partial charge in [-0.3, -0.25) is 0 Å². The number of rotatable bonds is 4. The molecule has 1 fully saturated rings. The first-order valence-electron chi connectivity index (χ1n) is 7.19. The number of amides is 1. The van der Waals surface area contributed by atoms with Crippen molar-refractivity contribution >= 4 is 6.09 Å². The molecule has 20 heavy (non-hydrogen) atoms. The van der Waals surface area contributed by atoms with Crippen molar-refractivity contribution in [2.75, 3.05) is 0 Å². The molecular formula is C16H24N2O2. The van der Waals surface area contributed by atoms with Crippen molar-refractivity contribution in [3.05, 3.63) is 35.9 Å². The highest BCUT2D eigenvalue weighted by atomic mass is 16.6. The average molecular weight is 276 g/mol. The van der Waals surface area contributed by atoms with Crippen LogP contribution >= 0.6 is 0 Å². The largest absolute Gasteiger partial charge is 0.444 e. The van der Waals surface area contributed by atoms with Crippen molar-refractivity contribution in [1.82, 2.24) is 10.6 Å². The Bertz CT molecular complexity index is 434. The van der Waals surface area contributed by atoms with Crippen molar-refractivity contribution in [2.24, 2.45) is 0 Å². The van der Waals surface area contributed by atoms with Crippen LogP contribution in [0.1, 0.15) is 39.2 Å². The maximum atomic E-state index is 11.6. The molecule has 0 spiro atoms. The molecule has 0 radical (unpaired) electrons. The van der Waals surface area contributed by atoms with Gasteiger partial charge >= 0.3 is 6.09 Å². The quantitative estimate of drug-likeness (QED) is 0.889. The number of carbonyl (C=O) groups excluding carboxylic acids is 1. The monoisotopic (exact) mass is 276 g/mol. The maximum Gasteiger partial charge on any atom is 0.407 e. The predicted octanol–water partition coefficient (Wildman–Crippen LogP) is 2.83.